The summed E-state index contributed by atoms with van der Waals surface area (Å²) in [6.07, 6.45) is 3.95. The van der Waals surface area contributed by atoms with Crippen LogP contribution in [-0.2, 0) is 17.8 Å². The Morgan fingerprint density at radius 3 is 2.74 bits per heavy atom. The Hall–Kier alpha value is -2.14. The van der Waals surface area contributed by atoms with E-state index in [-0.39, 0.29) is 11.5 Å². The maximum Gasteiger partial charge on any atom is 0.197 e. The normalized spacial score (nSPS) is 17.0. The molecule has 0 unspecified atom stereocenters. The van der Waals surface area contributed by atoms with Gasteiger partial charge in [-0.3, -0.25) is 9.69 Å². The van der Waals surface area contributed by atoms with Crippen molar-refractivity contribution in [3.63, 3.8) is 0 Å². The van der Waals surface area contributed by atoms with Gasteiger partial charge >= 0.3 is 0 Å². The molecule has 4 rings (SSSR count). The summed E-state index contributed by atoms with van der Waals surface area (Å²) < 4.78 is 11.5. The fourth-order valence-corrected chi connectivity index (χ4v) is 3.77. The highest BCUT2D eigenvalue weighted by Gasteiger charge is 2.21. The minimum atomic E-state index is -0.0239. The second kappa shape index (κ2) is 8.26. The molecular weight excluding hydrogens is 362 g/mol. The monoisotopic (exact) mass is 383 g/mol. The Labute approximate surface area is 163 Å². The maximum atomic E-state index is 12.9. The molecule has 0 spiro atoms. The van der Waals surface area contributed by atoms with Gasteiger partial charge in [0.25, 0.3) is 0 Å². The van der Waals surface area contributed by atoms with Crippen LogP contribution in [0.25, 0.3) is 11.0 Å². The summed E-state index contributed by atoms with van der Waals surface area (Å²) in [5.41, 5.74) is 2.38. The van der Waals surface area contributed by atoms with Gasteiger partial charge in [0.05, 0.1) is 17.8 Å². The number of hydrogen-bond donors (Lipinski definition) is 0. The molecule has 140 valence electrons. The summed E-state index contributed by atoms with van der Waals surface area (Å²) >= 11 is 6.06. The first-order chi connectivity index (χ1) is 13.2. The number of hydrogen-bond acceptors (Lipinski definition) is 4. The Balaban J connectivity index is 1.61. The van der Waals surface area contributed by atoms with Crippen molar-refractivity contribution in [2.24, 2.45) is 0 Å². The average Bonchev–Trinajstić information content (AvgIpc) is 3.18. The first kappa shape index (κ1) is 18.2. The third-order valence-electron chi connectivity index (χ3n) is 4.93. The van der Waals surface area contributed by atoms with Gasteiger partial charge in [0.1, 0.15) is 5.58 Å². The van der Waals surface area contributed by atoms with Crippen LogP contribution in [0, 0.1) is 0 Å². The summed E-state index contributed by atoms with van der Waals surface area (Å²) in [6.45, 7) is 2.88. The molecule has 5 heteroatoms. The fraction of sp³-hybridized carbons (Fsp3) is 0.318. The molecule has 2 heterocycles. The van der Waals surface area contributed by atoms with Gasteiger partial charge in [-0.25, -0.2) is 0 Å². The summed E-state index contributed by atoms with van der Waals surface area (Å²) in [5, 5.41) is 1.06. The standard InChI is InChI=1S/C22H22ClNO3/c23-18-8-9-21-20(11-18)22(25)17(15-27-21)13-24(14-19-7-4-10-26-19)12-16-5-2-1-3-6-16/h1-3,5-6,8-9,11,15,19H,4,7,10,12-14H2/t19-/m0/s1. The smallest absolute Gasteiger partial charge is 0.197 e. The molecule has 0 N–H and O–H groups in total. The van der Waals surface area contributed by atoms with E-state index < -0.39 is 0 Å². The number of nitrogens with zero attached hydrogens (tertiary/aromatic N) is 1. The van der Waals surface area contributed by atoms with E-state index in [1.807, 2.05) is 18.2 Å². The van der Waals surface area contributed by atoms with Crippen molar-refractivity contribution in [3.05, 3.63) is 81.2 Å². The zero-order valence-electron chi connectivity index (χ0n) is 15.1. The maximum absolute atomic E-state index is 12.9. The van der Waals surface area contributed by atoms with E-state index in [2.05, 4.69) is 17.0 Å². The van der Waals surface area contributed by atoms with Gasteiger partial charge in [-0.05, 0) is 36.6 Å². The van der Waals surface area contributed by atoms with Gasteiger partial charge < -0.3 is 9.15 Å². The number of fused-ring (bicyclic) bond motifs is 1. The summed E-state index contributed by atoms with van der Waals surface area (Å²) in [4.78, 5) is 15.2. The highest BCUT2D eigenvalue weighted by Crippen LogP contribution is 2.20. The molecule has 0 amide bonds. The average molecular weight is 384 g/mol. The topological polar surface area (TPSA) is 42.7 Å². The van der Waals surface area contributed by atoms with Crippen molar-refractivity contribution in [2.75, 3.05) is 13.2 Å². The van der Waals surface area contributed by atoms with Crippen molar-refractivity contribution < 1.29 is 9.15 Å². The van der Waals surface area contributed by atoms with E-state index in [1.165, 1.54) is 5.56 Å². The molecule has 0 aliphatic carbocycles. The van der Waals surface area contributed by atoms with E-state index >= 15 is 0 Å². The molecule has 0 bridgehead atoms. The Morgan fingerprint density at radius 2 is 1.96 bits per heavy atom. The van der Waals surface area contributed by atoms with Gasteiger partial charge in [-0.1, -0.05) is 41.9 Å². The predicted molar refractivity (Wildman–Crippen MR) is 107 cm³/mol. The van der Waals surface area contributed by atoms with Crippen molar-refractivity contribution in [3.8, 4) is 0 Å². The minimum absolute atomic E-state index is 0.0239. The van der Waals surface area contributed by atoms with Crippen LogP contribution >= 0.6 is 11.6 Å². The zero-order chi connectivity index (χ0) is 18.6. The van der Waals surface area contributed by atoms with E-state index in [9.17, 15) is 4.79 Å². The number of ether oxygens (including phenoxy) is 1. The second-order valence-electron chi connectivity index (χ2n) is 7.02. The molecule has 1 aliphatic rings. The molecule has 0 radical (unpaired) electrons. The number of rotatable bonds is 6. The molecule has 3 aromatic rings. The predicted octanol–water partition coefficient (Wildman–Crippen LogP) is 4.63. The summed E-state index contributed by atoms with van der Waals surface area (Å²) in [5.74, 6) is 0. The molecule has 27 heavy (non-hydrogen) atoms. The van der Waals surface area contributed by atoms with E-state index in [1.54, 1.807) is 24.5 Å². The SMILES string of the molecule is O=c1c(CN(Cc2ccccc2)C[C@@H]2CCCO2)coc2ccc(Cl)cc12. The lowest BCUT2D eigenvalue weighted by molar-refractivity contribution is 0.0676. The van der Waals surface area contributed by atoms with Crippen LogP contribution in [0.15, 0.2) is 64.0 Å². The zero-order valence-corrected chi connectivity index (χ0v) is 15.8. The van der Waals surface area contributed by atoms with Crippen LogP contribution in [0.3, 0.4) is 0 Å². The van der Waals surface area contributed by atoms with Gasteiger partial charge in [-0.2, -0.15) is 0 Å². The van der Waals surface area contributed by atoms with Crippen molar-refractivity contribution in [1.82, 2.24) is 4.90 Å². The van der Waals surface area contributed by atoms with Crippen molar-refractivity contribution >= 4 is 22.6 Å². The lowest BCUT2D eigenvalue weighted by Crippen LogP contribution is -2.33. The molecule has 0 saturated carbocycles. The first-order valence-electron chi connectivity index (χ1n) is 9.27. The summed E-state index contributed by atoms with van der Waals surface area (Å²) in [7, 11) is 0. The number of halogens is 1. The molecule has 4 nitrogen and oxygen atoms in total. The van der Waals surface area contributed by atoms with Gasteiger partial charge in [-0.15, -0.1) is 0 Å². The van der Waals surface area contributed by atoms with Crippen LogP contribution < -0.4 is 5.43 Å². The van der Waals surface area contributed by atoms with Gasteiger partial charge in [0.2, 0.25) is 0 Å². The van der Waals surface area contributed by atoms with E-state index in [0.717, 1.165) is 32.5 Å². The second-order valence-corrected chi connectivity index (χ2v) is 7.46. The van der Waals surface area contributed by atoms with Gasteiger partial charge in [0, 0.05) is 36.8 Å². The highest BCUT2D eigenvalue weighted by molar-refractivity contribution is 6.31. The van der Waals surface area contributed by atoms with Crippen LogP contribution in [-0.4, -0.2) is 24.2 Å². The molecule has 1 saturated heterocycles. The Morgan fingerprint density at radius 1 is 1.11 bits per heavy atom. The molecule has 1 atom stereocenters. The quantitative estimate of drug-likeness (QED) is 0.622. The number of benzene rings is 2. The molecule has 1 fully saturated rings. The lowest BCUT2D eigenvalue weighted by Gasteiger charge is -2.25. The third-order valence-corrected chi connectivity index (χ3v) is 5.17. The van der Waals surface area contributed by atoms with Crippen LogP contribution in [0.4, 0.5) is 0 Å². The van der Waals surface area contributed by atoms with Crippen LogP contribution in [0.2, 0.25) is 5.02 Å². The van der Waals surface area contributed by atoms with E-state index in [0.29, 0.717) is 28.1 Å². The van der Waals surface area contributed by atoms with Crippen LogP contribution in [0.5, 0.6) is 0 Å². The largest absolute Gasteiger partial charge is 0.464 e. The highest BCUT2D eigenvalue weighted by atomic mass is 35.5. The van der Waals surface area contributed by atoms with Crippen molar-refractivity contribution in [2.45, 2.75) is 32.0 Å². The minimum Gasteiger partial charge on any atom is -0.464 e. The van der Waals surface area contributed by atoms with Crippen molar-refractivity contribution in [1.29, 1.82) is 0 Å². The fourth-order valence-electron chi connectivity index (χ4n) is 3.60. The van der Waals surface area contributed by atoms with Gasteiger partial charge in [0.15, 0.2) is 5.43 Å². The third kappa shape index (κ3) is 4.41. The van der Waals surface area contributed by atoms with Crippen LogP contribution in [0.1, 0.15) is 24.0 Å². The molecule has 1 aliphatic heterocycles. The molecule has 1 aromatic heterocycles. The Bertz CT molecular complexity index is 964. The lowest BCUT2D eigenvalue weighted by atomic mass is 10.1. The summed E-state index contributed by atoms with van der Waals surface area (Å²) in [6, 6.07) is 15.4. The first-order valence-corrected chi connectivity index (χ1v) is 9.64. The van der Waals surface area contributed by atoms with E-state index in [4.69, 9.17) is 20.8 Å². The molecular formula is C22H22ClNO3. The molecule has 2 aromatic carbocycles. The Kier molecular flexibility index (Phi) is 5.58.